The Morgan fingerprint density at radius 3 is 2.34 bits per heavy atom. The standard InChI is InChI=1S/C15H12F4N2O8/c1-26-13(22)7-5-28-6-20(11(7)14(23)27-2)9-4-3-8(21(24)25)10(16)12(9)29-15(17,18)19/h3-4H,5-6H2,1-2H3. The van der Waals surface area contributed by atoms with Crippen molar-refractivity contribution in [1.82, 2.24) is 0 Å². The monoisotopic (exact) mass is 424 g/mol. The van der Waals surface area contributed by atoms with Crippen LogP contribution >= 0.6 is 0 Å². The smallest absolute Gasteiger partial charge is 0.466 e. The molecular formula is C15H12F4N2O8. The molecule has 0 aromatic heterocycles. The number of nitro benzene ring substituents is 1. The summed E-state index contributed by atoms with van der Waals surface area (Å²) in [5, 5.41) is 10.9. The van der Waals surface area contributed by atoms with Crippen LogP contribution in [0.5, 0.6) is 5.75 Å². The molecule has 10 nitrogen and oxygen atoms in total. The van der Waals surface area contributed by atoms with E-state index in [9.17, 15) is 37.3 Å². The van der Waals surface area contributed by atoms with Crippen LogP contribution in [0.4, 0.5) is 28.9 Å². The molecule has 1 aromatic carbocycles. The molecule has 1 aliphatic heterocycles. The van der Waals surface area contributed by atoms with E-state index in [1.54, 1.807) is 0 Å². The van der Waals surface area contributed by atoms with E-state index in [0.717, 1.165) is 14.2 Å². The molecule has 1 aromatic rings. The first-order chi connectivity index (χ1) is 13.5. The fourth-order valence-electron chi connectivity index (χ4n) is 2.44. The highest BCUT2D eigenvalue weighted by atomic mass is 19.4. The van der Waals surface area contributed by atoms with Gasteiger partial charge < -0.3 is 23.8 Å². The van der Waals surface area contributed by atoms with E-state index in [4.69, 9.17) is 4.74 Å². The van der Waals surface area contributed by atoms with Gasteiger partial charge in [0.05, 0.1) is 37.0 Å². The fraction of sp³-hybridized carbons (Fsp3) is 0.333. The number of hydrogen-bond donors (Lipinski definition) is 0. The number of nitro groups is 1. The molecule has 0 aliphatic carbocycles. The van der Waals surface area contributed by atoms with Gasteiger partial charge in [-0.05, 0) is 6.07 Å². The van der Waals surface area contributed by atoms with Crippen molar-refractivity contribution in [2.45, 2.75) is 6.36 Å². The molecule has 29 heavy (non-hydrogen) atoms. The number of alkyl halides is 3. The highest BCUT2D eigenvalue weighted by Gasteiger charge is 2.40. The lowest BCUT2D eigenvalue weighted by atomic mass is 10.1. The zero-order valence-electron chi connectivity index (χ0n) is 14.7. The molecule has 0 saturated carbocycles. The van der Waals surface area contributed by atoms with Gasteiger partial charge in [0.15, 0.2) is 5.75 Å². The van der Waals surface area contributed by atoms with E-state index >= 15 is 0 Å². The number of nitrogens with zero attached hydrogens (tertiary/aromatic N) is 2. The SMILES string of the molecule is COC(=O)C1=C(C(=O)OC)N(c2ccc([N+](=O)[O-])c(F)c2OC(F)(F)F)COC1. The summed E-state index contributed by atoms with van der Waals surface area (Å²) in [6.07, 6.45) is -5.43. The summed E-state index contributed by atoms with van der Waals surface area (Å²) >= 11 is 0. The summed E-state index contributed by atoms with van der Waals surface area (Å²) in [7, 11) is 1.91. The summed E-state index contributed by atoms with van der Waals surface area (Å²) in [6, 6.07) is 1.27. The van der Waals surface area contributed by atoms with Crippen LogP contribution < -0.4 is 9.64 Å². The molecule has 0 bridgehead atoms. The molecule has 1 aliphatic rings. The Labute approximate surface area is 159 Å². The summed E-state index contributed by atoms with van der Waals surface area (Å²) in [5.74, 6) is -5.77. The van der Waals surface area contributed by atoms with E-state index in [0.29, 0.717) is 17.0 Å². The first-order valence-corrected chi connectivity index (χ1v) is 7.49. The van der Waals surface area contributed by atoms with Crippen LogP contribution in [0.2, 0.25) is 0 Å². The van der Waals surface area contributed by atoms with Gasteiger partial charge in [0.2, 0.25) is 5.82 Å². The molecule has 0 N–H and O–H groups in total. The molecular weight excluding hydrogens is 412 g/mol. The van der Waals surface area contributed by atoms with Crippen LogP contribution in [0, 0.1) is 15.9 Å². The van der Waals surface area contributed by atoms with Crippen molar-refractivity contribution < 1.29 is 51.0 Å². The van der Waals surface area contributed by atoms with Crippen LogP contribution in [-0.4, -0.2) is 50.8 Å². The predicted octanol–water partition coefficient (Wildman–Crippen LogP) is 2.03. The molecule has 0 saturated heterocycles. The molecule has 1 heterocycles. The fourth-order valence-corrected chi connectivity index (χ4v) is 2.44. The number of carbonyl (C=O) groups excluding carboxylic acids is 2. The largest absolute Gasteiger partial charge is 0.573 e. The van der Waals surface area contributed by atoms with Crippen LogP contribution in [0.1, 0.15) is 0 Å². The van der Waals surface area contributed by atoms with Gasteiger partial charge in [0.1, 0.15) is 12.4 Å². The molecule has 0 amide bonds. The van der Waals surface area contributed by atoms with Gasteiger partial charge in [-0.25, -0.2) is 9.59 Å². The number of anilines is 1. The third-order valence-corrected chi connectivity index (χ3v) is 3.59. The van der Waals surface area contributed by atoms with Crippen LogP contribution in [0.3, 0.4) is 0 Å². The maximum Gasteiger partial charge on any atom is 0.573 e. The Balaban J connectivity index is 2.76. The lowest BCUT2D eigenvalue weighted by Crippen LogP contribution is -2.39. The van der Waals surface area contributed by atoms with Crippen molar-refractivity contribution >= 4 is 23.3 Å². The predicted molar refractivity (Wildman–Crippen MR) is 84.1 cm³/mol. The zero-order valence-corrected chi connectivity index (χ0v) is 14.7. The van der Waals surface area contributed by atoms with Crippen molar-refractivity contribution in [3.8, 4) is 5.75 Å². The van der Waals surface area contributed by atoms with Gasteiger partial charge in [0, 0.05) is 6.07 Å². The Morgan fingerprint density at radius 1 is 1.21 bits per heavy atom. The molecule has 158 valence electrons. The zero-order chi connectivity index (χ0) is 21.9. The van der Waals surface area contributed by atoms with Gasteiger partial charge >= 0.3 is 24.0 Å². The second kappa shape index (κ2) is 8.30. The number of hydrogen-bond acceptors (Lipinski definition) is 9. The van der Waals surface area contributed by atoms with Gasteiger partial charge in [0.25, 0.3) is 0 Å². The lowest BCUT2D eigenvalue weighted by molar-refractivity contribution is -0.387. The summed E-state index contributed by atoms with van der Waals surface area (Å²) in [4.78, 5) is 34.4. The first-order valence-electron chi connectivity index (χ1n) is 7.49. The number of esters is 2. The molecule has 2 rings (SSSR count). The van der Waals surface area contributed by atoms with E-state index in [1.807, 2.05) is 0 Å². The lowest BCUT2D eigenvalue weighted by Gasteiger charge is -2.32. The highest BCUT2D eigenvalue weighted by molar-refractivity contribution is 6.03. The minimum atomic E-state index is -5.43. The molecule has 0 atom stereocenters. The first kappa shape index (κ1) is 21.9. The van der Waals surface area contributed by atoms with Crippen LogP contribution in [0.15, 0.2) is 23.4 Å². The van der Waals surface area contributed by atoms with Crippen LogP contribution in [0.25, 0.3) is 0 Å². The Bertz CT molecular complexity index is 884. The minimum Gasteiger partial charge on any atom is -0.466 e. The second-order valence-corrected chi connectivity index (χ2v) is 5.27. The average Bonchev–Trinajstić information content (AvgIpc) is 2.66. The minimum absolute atomic E-state index is 0.428. The van der Waals surface area contributed by atoms with E-state index in [2.05, 4.69) is 14.2 Å². The molecule has 0 radical (unpaired) electrons. The Morgan fingerprint density at radius 2 is 1.83 bits per heavy atom. The van der Waals surface area contributed by atoms with Crippen molar-refractivity contribution in [2.24, 2.45) is 0 Å². The summed E-state index contributed by atoms with van der Waals surface area (Å²) in [5.41, 5.74) is -3.11. The van der Waals surface area contributed by atoms with Gasteiger partial charge in [-0.3, -0.25) is 10.1 Å². The maximum absolute atomic E-state index is 14.4. The normalized spacial score (nSPS) is 14.5. The number of benzene rings is 1. The molecule has 14 heteroatoms. The van der Waals surface area contributed by atoms with Crippen molar-refractivity contribution in [3.05, 3.63) is 39.3 Å². The molecule has 0 spiro atoms. The Kier molecular flexibility index (Phi) is 6.26. The van der Waals surface area contributed by atoms with Crippen molar-refractivity contribution in [3.63, 3.8) is 0 Å². The van der Waals surface area contributed by atoms with E-state index in [1.165, 1.54) is 0 Å². The highest BCUT2D eigenvalue weighted by Crippen LogP contribution is 2.42. The number of halogens is 4. The van der Waals surface area contributed by atoms with Gasteiger partial charge in [-0.1, -0.05) is 0 Å². The second-order valence-electron chi connectivity index (χ2n) is 5.27. The maximum atomic E-state index is 14.4. The van der Waals surface area contributed by atoms with Gasteiger partial charge in [-0.15, -0.1) is 13.2 Å². The van der Waals surface area contributed by atoms with Gasteiger partial charge in [-0.2, -0.15) is 4.39 Å². The number of carbonyl (C=O) groups is 2. The Hall–Kier alpha value is -3.42. The number of ether oxygens (including phenoxy) is 4. The number of rotatable bonds is 5. The third kappa shape index (κ3) is 4.53. The number of methoxy groups -OCH3 is 2. The topological polar surface area (TPSA) is 117 Å². The molecule has 0 unspecified atom stereocenters. The quantitative estimate of drug-likeness (QED) is 0.303. The average molecular weight is 424 g/mol. The molecule has 0 fully saturated rings. The summed E-state index contributed by atoms with van der Waals surface area (Å²) in [6.45, 7) is -1.09. The third-order valence-electron chi connectivity index (χ3n) is 3.59. The van der Waals surface area contributed by atoms with E-state index in [-0.39, 0.29) is 0 Å². The summed E-state index contributed by atoms with van der Waals surface area (Å²) < 4.78 is 70.6. The van der Waals surface area contributed by atoms with Crippen molar-refractivity contribution in [1.29, 1.82) is 0 Å². The van der Waals surface area contributed by atoms with Crippen LogP contribution in [-0.2, 0) is 23.8 Å². The van der Waals surface area contributed by atoms with Crippen molar-refractivity contribution in [2.75, 3.05) is 32.5 Å². The van der Waals surface area contributed by atoms with E-state index < -0.39 is 70.8 Å².